The fraction of sp³-hybridized carbons (Fsp3) is 0.650. The molecule has 1 heterocycles. The van der Waals surface area contributed by atoms with Crippen molar-refractivity contribution in [2.45, 2.75) is 44.9 Å². The largest absolute Gasteiger partial charge is 0.456 e. The van der Waals surface area contributed by atoms with E-state index in [4.69, 9.17) is 4.74 Å². The molecule has 1 N–H and O–H groups in total. The van der Waals surface area contributed by atoms with Gasteiger partial charge in [0.25, 0.3) is 0 Å². The Labute approximate surface area is 171 Å². The van der Waals surface area contributed by atoms with Crippen molar-refractivity contribution in [1.29, 1.82) is 0 Å². The van der Waals surface area contributed by atoms with E-state index >= 15 is 0 Å². The van der Waals surface area contributed by atoms with Crippen LogP contribution in [0.15, 0.2) is 15.9 Å². The maximum atomic E-state index is 12.4. The minimum atomic E-state index is -0.571. The van der Waals surface area contributed by atoms with Crippen LogP contribution in [0, 0.1) is 23.2 Å². The Balaban J connectivity index is 1.20. The van der Waals surface area contributed by atoms with Crippen molar-refractivity contribution in [2.24, 2.45) is 23.2 Å². The minimum Gasteiger partial charge on any atom is -0.456 e. The lowest BCUT2D eigenvalue weighted by Gasteiger charge is -2.56. The molecule has 5 rings (SSSR count). The maximum Gasteiger partial charge on any atom is 0.325 e. The van der Waals surface area contributed by atoms with Crippen molar-refractivity contribution < 1.29 is 19.1 Å². The number of hydrogen-bond acceptors (Lipinski definition) is 5. The molecule has 4 aliphatic rings. The molecule has 1 amide bonds. The average molecular weight is 454 g/mol. The third-order valence-electron chi connectivity index (χ3n) is 6.34. The minimum absolute atomic E-state index is 0.0672. The highest BCUT2D eigenvalue weighted by Gasteiger charge is 2.51. The van der Waals surface area contributed by atoms with Gasteiger partial charge in [-0.3, -0.25) is 14.4 Å². The Morgan fingerprint density at radius 3 is 2.30 bits per heavy atom. The SMILES string of the molecule is O=C(CC12CC3CC(CC(C3)C1)C2)NCC(=O)OCC(=O)c1ccc(Br)s1. The van der Waals surface area contributed by atoms with Gasteiger partial charge in [-0.2, -0.15) is 0 Å². The molecule has 27 heavy (non-hydrogen) atoms. The summed E-state index contributed by atoms with van der Waals surface area (Å²) in [4.78, 5) is 36.7. The van der Waals surface area contributed by atoms with Gasteiger partial charge in [0.05, 0.1) is 8.66 Å². The molecular weight excluding hydrogens is 430 g/mol. The van der Waals surface area contributed by atoms with Crippen LogP contribution in [-0.2, 0) is 14.3 Å². The Morgan fingerprint density at radius 1 is 1.11 bits per heavy atom. The van der Waals surface area contributed by atoms with Gasteiger partial charge < -0.3 is 10.1 Å². The maximum absolute atomic E-state index is 12.4. The second-order valence-corrected chi connectivity index (χ2v) is 11.0. The van der Waals surface area contributed by atoms with E-state index in [0.717, 1.165) is 21.5 Å². The number of nitrogens with one attached hydrogen (secondary N) is 1. The number of halogens is 1. The van der Waals surface area contributed by atoms with E-state index in [0.29, 0.717) is 11.3 Å². The van der Waals surface area contributed by atoms with E-state index in [-0.39, 0.29) is 30.3 Å². The molecule has 0 saturated heterocycles. The molecule has 0 unspecified atom stereocenters. The lowest BCUT2D eigenvalue weighted by atomic mass is 9.49. The summed E-state index contributed by atoms with van der Waals surface area (Å²) in [5.74, 6) is 1.53. The molecule has 5 nitrogen and oxygen atoms in total. The molecule has 1 aromatic heterocycles. The van der Waals surface area contributed by atoms with Gasteiger partial charge in [0.2, 0.25) is 11.7 Å². The van der Waals surface area contributed by atoms with E-state index in [1.807, 2.05) is 0 Å². The van der Waals surface area contributed by atoms with Crippen molar-refractivity contribution in [1.82, 2.24) is 5.32 Å². The Hall–Kier alpha value is -1.21. The molecule has 7 heteroatoms. The number of carbonyl (C=O) groups is 3. The van der Waals surface area contributed by atoms with E-state index < -0.39 is 5.97 Å². The van der Waals surface area contributed by atoms with Gasteiger partial charge in [-0.05, 0) is 89.8 Å². The zero-order valence-corrected chi connectivity index (χ0v) is 17.6. The fourth-order valence-electron chi connectivity index (χ4n) is 5.81. The molecule has 146 valence electrons. The molecule has 4 bridgehead atoms. The monoisotopic (exact) mass is 453 g/mol. The topological polar surface area (TPSA) is 72.5 Å². The van der Waals surface area contributed by atoms with Crippen LogP contribution in [0.25, 0.3) is 0 Å². The van der Waals surface area contributed by atoms with Crippen LogP contribution in [0.2, 0.25) is 0 Å². The van der Waals surface area contributed by atoms with Crippen LogP contribution < -0.4 is 5.32 Å². The van der Waals surface area contributed by atoms with Gasteiger partial charge in [-0.15, -0.1) is 11.3 Å². The van der Waals surface area contributed by atoms with Gasteiger partial charge in [-0.25, -0.2) is 0 Å². The molecular formula is C20H24BrNO4S. The highest BCUT2D eigenvalue weighted by Crippen LogP contribution is 2.61. The molecule has 0 atom stereocenters. The van der Waals surface area contributed by atoms with Gasteiger partial charge in [0.15, 0.2) is 6.61 Å². The lowest BCUT2D eigenvalue weighted by Crippen LogP contribution is -2.48. The predicted molar refractivity (Wildman–Crippen MR) is 106 cm³/mol. The van der Waals surface area contributed by atoms with Crippen LogP contribution in [0.5, 0.6) is 0 Å². The van der Waals surface area contributed by atoms with E-state index in [9.17, 15) is 14.4 Å². The zero-order chi connectivity index (χ0) is 19.0. The quantitative estimate of drug-likeness (QED) is 0.500. The molecule has 4 fully saturated rings. The zero-order valence-electron chi connectivity index (χ0n) is 15.2. The number of esters is 1. The summed E-state index contributed by atoms with van der Waals surface area (Å²) in [5.41, 5.74) is 0.158. The molecule has 4 aliphatic carbocycles. The van der Waals surface area contributed by atoms with Gasteiger partial charge in [-0.1, -0.05) is 0 Å². The lowest BCUT2D eigenvalue weighted by molar-refractivity contribution is -0.143. The molecule has 0 aromatic carbocycles. The first-order valence-electron chi connectivity index (χ1n) is 9.62. The standard InChI is InChI=1S/C20H24BrNO4S/c21-17-2-1-16(27-17)15(23)11-26-19(25)10-22-18(24)9-20-6-12-3-13(7-20)5-14(4-12)8-20/h1-2,12-14H,3-11H2,(H,22,24). The number of hydrogen-bond donors (Lipinski definition) is 1. The van der Waals surface area contributed by atoms with E-state index in [1.165, 1.54) is 49.9 Å². The number of Topliss-reactive ketones (excluding diaryl/α,β-unsaturated/α-hetero) is 1. The van der Waals surface area contributed by atoms with E-state index in [2.05, 4.69) is 21.2 Å². The molecule has 1 aromatic rings. The summed E-state index contributed by atoms with van der Waals surface area (Å²) in [5, 5.41) is 2.70. The van der Waals surface area contributed by atoms with E-state index in [1.54, 1.807) is 12.1 Å². The Morgan fingerprint density at radius 2 is 1.74 bits per heavy atom. The van der Waals surface area contributed by atoms with Crippen molar-refractivity contribution in [3.05, 3.63) is 20.8 Å². The Bertz CT molecular complexity index is 724. The summed E-state index contributed by atoms with van der Waals surface area (Å²) in [6, 6.07) is 3.47. The van der Waals surface area contributed by atoms with Gasteiger partial charge >= 0.3 is 5.97 Å². The third-order valence-corrected chi connectivity index (χ3v) is 8.01. The normalized spacial score (nSPS) is 30.9. The van der Waals surface area contributed by atoms with Crippen LogP contribution in [0.3, 0.4) is 0 Å². The molecule has 0 spiro atoms. The van der Waals surface area contributed by atoms with Crippen LogP contribution in [0.4, 0.5) is 0 Å². The summed E-state index contributed by atoms with van der Waals surface area (Å²) in [6.45, 7) is -0.469. The van der Waals surface area contributed by atoms with Crippen molar-refractivity contribution in [3.8, 4) is 0 Å². The number of amides is 1. The van der Waals surface area contributed by atoms with Gasteiger partial charge in [0, 0.05) is 6.42 Å². The average Bonchev–Trinajstić information content (AvgIpc) is 3.03. The van der Waals surface area contributed by atoms with Crippen molar-refractivity contribution in [3.63, 3.8) is 0 Å². The highest BCUT2D eigenvalue weighted by molar-refractivity contribution is 9.11. The first-order chi connectivity index (χ1) is 12.9. The smallest absolute Gasteiger partial charge is 0.325 e. The summed E-state index contributed by atoms with van der Waals surface area (Å²) in [7, 11) is 0. The highest BCUT2D eigenvalue weighted by atomic mass is 79.9. The Kier molecular flexibility index (Phi) is 5.43. The molecule has 4 saturated carbocycles. The second-order valence-electron chi connectivity index (χ2n) is 8.56. The number of thiophene rings is 1. The van der Waals surface area contributed by atoms with Crippen LogP contribution in [0.1, 0.15) is 54.6 Å². The summed E-state index contributed by atoms with van der Waals surface area (Å²) in [6.07, 6.45) is 8.07. The molecule has 0 radical (unpaired) electrons. The summed E-state index contributed by atoms with van der Waals surface area (Å²) < 4.78 is 5.86. The van der Waals surface area contributed by atoms with Crippen LogP contribution in [-0.4, -0.2) is 30.8 Å². The van der Waals surface area contributed by atoms with Crippen molar-refractivity contribution in [2.75, 3.05) is 13.2 Å². The second kappa shape index (κ2) is 7.66. The predicted octanol–water partition coefficient (Wildman–Crippen LogP) is 3.96. The molecule has 0 aliphatic heterocycles. The van der Waals surface area contributed by atoms with Gasteiger partial charge in [0.1, 0.15) is 6.54 Å². The van der Waals surface area contributed by atoms with Crippen molar-refractivity contribution >= 4 is 44.9 Å². The number of ether oxygens (including phenoxy) is 1. The summed E-state index contributed by atoms with van der Waals surface area (Å²) >= 11 is 4.60. The third kappa shape index (κ3) is 4.45. The first-order valence-corrected chi connectivity index (χ1v) is 11.2. The fourth-order valence-corrected chi connectivity index (χ4v) is 7.12. The first kappa shape index (κ1) is 19.1. The number of rotatable bonds is 7. The van der Waals surface area contributed by atoms with Crippen LogP contribution >= 0.6 is 27.3 Å². The number of ketones is 1. The number of carbonyl (C=O) groups excluding carboxylic acids is 3.